The van der Waals surface area contributed by atoms with E-state index in [9.17, 15) is 0 Å². The number of rotatable bonds is 3. The first-order valence-electron chi connectivity index (χ1n) is 9.47. The number of hydrogen-bond acceptors (Lipinski definition) is 2. The van der Waals surface area contributed by atoms with Crippen molar-refractivity contribution in [3.63, 3.8) is 0 Å². The molecule has 0 unspecified atom stereocenters. The molecule has 0 bridgehead atoms. The van der Waals surface area contributed by atoms with E-state index in [1.54, 1.807) is 0 Å². The molecule has 2 saturated heterocycles. The summed E-state index contributed by atoms with van der Waals surface area (Å²) < 4.78 is 0. The molecule has 0 radical (unpaired) electrons. The minimum Gasteiger partial charge on any atom is -0.300 e. The predicted molar refractivity (Wildman–Crippen MR) is 90.5 cm³/mol. The molecule has 1 spiro atoms. The van der Waals surface area contributed by atoms with Gasteiger partial charge in [0.2, 0.25) is 0 Å². The Labute approximate surface area is 132 Å². The highest BCUT2D eigenvalue weighted by Crippen LogP contribution is 2.43. The standard InChI is InChI=1S/C19H36N2/c1-15(2)17-5-7-18(8-6-17)20-11-9-19(10-12-20)13-21(14-19)16(3)4/h15-18H,5-14H2,1-4H3. The highest BCUT2D eigenvalue weighted by molar-refractivity contribution is 5.00. The number of nitrogens with zero attached hydrogens (tertiary/aromatic N) is 2. The Kier molecular flexibility index (Phi) is 4.66. The Bertz CT molecular complexity index is 325. The lowest BCUT2D eigenvalue weighted by Gasteiger charge is -2.56. The molecule has 3 rings (SSSR count). The van der Waals surface area contributed by atoms with E-state index in [2.05, 4.69) is 37.5 Å². The summed E-state index contributed by atoms with van der Waals surface area (Å²) in [7, 11) is 0. The lowest BCUT2D eigenvalue weighted by atomic mass is 9.70. The van der Waals surface area contributed by atoms with Crippen LogP contribution < -0.4 is 0 Å². The van der Waals surface area contributed by atoms with Gasteiger partial charge in [0.05, 0.1) is 0 Å². The van der Waals surface area contributed by atoms with Crippen LogP contribution in [0.15, 0.2) is 0 Å². The SMILES string of the molecule is CC(C)C1CCC(N2CCC3(CC2)CN(C(C)C)C3)CC1. The molecule has 0 atom stereocenters. The molecule has 0 aromatic heterocycles. The van der Waals surface area contributed by atoms with E-state index in [4.69, 9.17) is 0 Å². The Hall–Kier alpha value is -0.0800. The third-order valence-electron chi connectivity index (χ3n) is 6.87. The first-order chi connectivity index (χ1) is 9.99. The summed E-state index contributed by atoms with van der Waals surface area (Å²) in [4.78, 5) is 5.50. The van der Waals surface area contributed by atoms with Gasteiger partial charge in [-0.25, -0.2) is 0 Å². The first kappa shape index (κ1) is 15.8. The highest BCUT2D eigenvalue weighted by Gasteiger charge is 2.46. The van der Waals surface area contributed by atoms with Crippen molar-refractivity contribution in [2.45, 2.75) is 78.3 Å². The zero-order valence-corrected chi connectivity index (χ0v) is 14.8. The van der Waals surface area contributed by atoms with Crippen LogP contribution in [0.4, 0.5) is 0 Å². The molecule has 2 aliphatic heterocycles. The molecule has 1 saturated carbocycles. The summed E-state index contributed by atoms with van der Waals surface area (Å²) >= 11 is 0. The zero-order valence-electron chi connectivity index (χ0n) is 14.8. The molecule has 0 amide bonds. The Morgan fingerprint density at radius 1 is 0.857 bits per heavy atom. The van der Waals surface area contributed by atoms with E-state index >= 15 is 0 Å². The van der Waals surface area contributed by atoms with Crippen molar-refractivity contribution in [2.75, 3.05) is 26.2 Å². The molecule has 0 N–H and O–H groups in total. The van der Waals surface area contributed by atoms with Crippen LogP contribution >= 0.6 is 0 Å². The summed E-state index contributed by atoms with van der Waals surface area (Å²) in [5.74, 6) is 1.90. The van der Waals surface area contributed by atoms with Gasteiger partial charge in [-0.2, -0.15) is 0 Å². The molecular formula is C19H36N2. The molecule has 2 heteroatoms. The molecule has 122 valence electrons. The monoisotopic (exact) mass is 292 g/mol. The van der Waals surface area contributed by atoms with Gasteiger partial charge in [-0.3, -0.25) is 4.90 Å². The van der Waals surface area contributed by atoms with E-state index in [1.165, 1.54) is 64.7 Å². The second kappa shape index (κ2) is 6.20. The fourth-order valence-corrected chi connectivity index (χ4v) is 4.99. The molecule has 3 fully saturated rings. The van der Waals surface area contributed by atoms with E-state index in [0.717, 1.165) is 23.9 Å². The molecule has 3 aliphatic rings. The van der Waals surface area contributed by atoms with E-state index < -0.39 is 0 Å². The predicted octanol–water partition coefficient (Wildman–Crippen LogP) is 4.01. The number of hydrogen-bond donors (Lipinski definition) is 0. The van der Waals surface area contributed by atoms with Gasteiger partial charge < -0.3 is 4.90 Å². The number of likely N-dealkylation sites (tertiary alicyclic amines) is 2. The highest BCUT2D eigenvalue weighted by atomic mass is 15.2. The van der Waals surface area contributed by atoms with Gasteiger partial charge in [0.1, 0.15) is 0 Å². The smallest absolute Gasteiger partial charge is 0.00954 e. The average Bonchev–Trinajstić information content (AvgIpc) is 2.45. The third kappa shape index (κ3) is 3.32. The fraction of sp³-hybridized carbons (Fsp3) is 1.00. The lowest BCUT2D eigenvalue weighted by Crippen LogP contribution is -2.62. The lowest BCUT2D eigenvalue weighted by molar-refractivity contribution is -0.0714. The molecule has 21 heavy (non-hydrogen) atoms. The maximum atomic E-state index is 2.85. The fourth-order valence-electron chi connectivity index (χ4n) is 4.99. The van der Waals surface area contributed by atoms with Crippen LogP contribution in [-0.4, -0.2) is 48.1 Å². The van der Waals surface area contributed by atoms with Crippen molar-refractivity contribution in [2.24, 2.45) is 17.3 Å². The summed E-state index contributed by atoms with van der Waals surface area (Å²) in [5.41, 5.74) is 0.704. The van der Waals surface area contributed by atoms with E-state index in [-0.39, 0.29) is 0 Å². The minimum absolute atomic E-state index is 0.704. The van der Waals surface area contributed by atoms with Gasteiger partial charge in [0.15, 0.2) is 0 Å². The average molecular weight is 293 g/mol. The normalized spacial score (nSPS) is 34.6. The van der Waals surface area contributed by atoms with Crippen LogP contribution in [-0.2, 0) is 0 Å². The quantitative estimate of drug-likeness (QED) is 0.775. The molecule has 0 aromatic carbocycles. The molecule has 2 nitrogen and oxygen atoms in total. The van der Waals surface area contributed by atoms with Crippen molar-refractivity contribution in [3.05, 3.63) is 0 Å². The summed E-state index contributed by atoms with van der Waals surface area (Å²) in [6, 6.07) is 1.67. The van der Waals surface area contributed by atoms with Gasteiger partial charge in [0.25, 0.3) is 0 Å². The Morgan fingerprint density at radius 2 is 1.43 bits per heavy atom. The van der Waals surface area contributed by atoms with Crippen molar-refractivity contribution in [3.8, 4) is 0 Å². The van der Waals surface area contributed by atoms with E-state index in [1.807, 2.05) is 0 Å². The van der Waals surface area contributed by atoms with Crippen LogP contribution in [0.2, 0.25) is 0 Å². The second-order valence-electron chi connectivity index (χ2n) is 8.85. The topological polar surface area (TPSA) is 6.48 Å². The number of piperidine rings is 1. The Balaban J connectivity index is 1.43. The summed E-state index contributed by atoms with van der Waals surface area (Å²) in [5, 5.41) is 0. The van der Waals surface area contributed by atoms with E-state index in [0.29, 0.717) is 5.41 Å². The Morgan fingerprint density at radius 3 is 1.90 bits per heavy atom. The molecule has 2 heterocycles. The zero-order chi connectivity index (χ0) is 15.0. The van der Waals surface area contributed by atoms with Crippen molar-refractivity contribution >= 4 is 0 Å². The second-order valence-corrected chi connectivity index (χ2v) is 8.85. The van der Waals surface area contributed by atoms with Crippen molar-refractivity contribution in [1.82, 2.24) is 9.80 Å². The summed E-state index contributed by atoms with van der Waals surface area (Å²) in [6.07, 6.45) is 8.80. The van der Waals surface area contributed by atoms with Gasteiger partial charge >= 0.3 is 0 Å². The van der Waals surface area contributed by atoms with Crippen LogP contribution in [0.3, 0.4) is 0 Å². The van der Waals surface area contributed by atoms with Crippen LogP contribution in [0.25, 0.3) is 0 Å². The van der Waals surface area contributed by atoms with Gasteiger partial charge in [-0.1, -0.05) is 13.8 Å². The third-order valence-corrected chi connectivity index (χ3v) is 6.87. The van der Waals surface area contributed by atoms with Gasteiger partial charge in [0, 0.05) is 25.2 Å². The molecule has 0 aromatic rings. The summed E-state index contributed by atoms with van der Waals surface area (Å²) in [6.45, 7) is 15.0. The minimum atomic E-state index is 0.704. The van der Waals surface area contributed by atoms with Crippen LogP contribution in [0.1, 0.15) is 66.2 Å². The first-order valence-corrected chi connectivity index (χ1v) is 9.47. The maximum absolute atomic E-state index is 2.85. The molecule has 1 aliphatic carbocycles. The molecular weight excluding hydrogens is 256 g/mol. The van der Waals surface area contributed by atoms with Gasteiger partial charge in [-0.15, -0.1) is 0 Å². The largest absolute Gasteiger partial charge is 0.300 e. The van der Waals surface area contributed by atoms with Gasteiger partial charge in [-0.05, 0) is 82.7 Å². The van der Waals surface area contributed by atoms with Crippen LogP contribution in [0.5, 0.6) is 0 Å². The maximum Gasteiger partial charge on any atom is 0.00954 e. The van der Waals surface area contributed by atoms with Crippen molar-refractivity contribution in [1.29, 1.82) is 0 Å². The van der Waals surface area contributed by atoms with Crippen molar-refractivity contribution < 1.29 is 0 Å². The van der Waals surface area contributed by atoms with Crippen LogP contribution in [0, 0.1) is 17.3 Å².